The van der Waals surface area contributed by atoms with Crippen molar-refractivity contribution in [1.29, 1.82) is 0 Å². The van der Waals surface area contributed by atoms with Crippen LogP contribution >= 0.6 is 0 Å². The van der Waals surface area contributed by atoms with Crippen LogP contribution in [0.3, 0.4) is 0 Å². The minimum Gasteiger partial charge on any atom is -0.478 e. The zero-order valence-electron chi connectivity index (χ0n) is 16.8. The highest BCUT2D eigenvalue weighted by atomic mass is 16.6. The smallest absolute Gasteiger partial charge is 0.408 e. The van der Waals surface area contributed by atoms with Gasteiger partial charge in [-0.3, -0.25) is 4.79 Å². The molecule has 2 rings (SSSR count). The Morgan fingerprint density at radius 1 is 0.966 bits per heavy atom. The van der Waals surface area contributed by atoms with Crippen molar-refractivity contribution in [2.45, 2.75) is 45.4 Å². The molecule has 2 amide bonds. The average Bonchev–Trinajstić information content (AvgIpc) is 2.65. The van der Waals surface area contributed by atoms with Crippen LogP contribution in [0.1, 0.15) is 42.3 Å². The average molecular weight is 398 g/mol. The van der Waals surface area contributed by atoms with Crippen LogP contribution in [-0.4, -0.2) is 34.7 Å². The van der Waals surface area contributed by atoms with E-state index in [1.165, 1.54) is 12.1 Å². The molecule has 0 heterocycles. The van der Waals surface area contributed by atoms with Gasteiger partial charge in [0.15, 0.2) is 0 Å². The topological polar surface area (TPSA) is 105 Å². The first-order chi connectivity index (χ1) is 13.6. The van der Waals surface area contributed by atoms with E-state index in [1.807, 2.05) is 30.3 Å². The normalized spacial score (nSPS) is 12.0. The molecule has 7 nitrogen and oxygen atoms in total. The zero-order valence-corrected chi connectivity index (χ0v) is 16.8. The Kier molecular flexibility index (Phi) is 7.36. The third-order valence-electron chi connectivity index (χ3n) is 3.96. The van der Waals surface area contributed by atoms with Gasteiger partial charge in [-0.25, -0.2) is 9.59 Å². The predicted octanol–water partition coefficient (Wildman–Crippen LogP) is 3.14. The van der Waals surface area contributed by atoms with E-state index < -0.39 is 23.7 Å². The Morgan fingerprint density at radius 3 is 2.14 bits per heavy atom. The van der Waals surface area contributed by atoms with E-state index in [1.54, 1.807) is 32.9 Å². The molecule has 0 aromatic heterocycles. The van der Waals surface area contributed by atoms with Crippen LogP contribution in [0.5, 0.6) is 0 Å². The molecule has 7 heteroatoms. The molecule has 3 N–H and O–H groups in total. The Labute approximate surface area is 170 Å². The Hall–Kier alpha value is -3.35. The summed E-state index contributed by atoms with van der Waals surface area (Å²) in [5, 5.41) is 14.4. The minimum atomic E-state index is -1.03. The van der Waals surface area contributed by atoms with Gasteiger partial charge in [-0.1, -0.05) is 42.5 Å². The summed E-state index contributed by atoms with van der Waals surface area (Å²) in [5.41, 5.74) is 1.10. The third-order valence-corrected chi connectivity index (χ3v) is 3.96. The van der Waals surface area contributed by atoms with Crippen LogP contribution in [0.2, 0.25) is 0 Å². The molecule has 2 aromatic carbocycles. The lowest BCUT2D eigenvalue weighted by atomic mass is 10.0. The Bertz CT molecular complexity index is 842. The van der Waals surface area contributed by atoms with E-state index in [0.29, 0.717) is 12.1 Å². The van der Waals surface area contributed by atoms with Gasteiger partial charge in [-0.2, -0.15) is 0 Å². The molecule has 29 heavy (non-hydrogen) atoms. The lowest BCUT2D eigenvalue weighted by Gasteiger charge is -2.23. The molecule has 0 aliphatic rings. The highest BCUT2D eigenvalue weighted by molar-refractivity contribution is 5.88. The molecule has 2 aromatic rings. The number of amides is 2. The number of ether oxygens (including phenoxy) is 1. The van der Waals surface area contributed by atoms with E-state index in [4.69, 9.17) is 9.84 Å². The standard InChI is InChI=1S/C22H26N2O5/c1-22(2,3)29-21(28)24-18(13-15-9-11-17(12-10-15)20(26)27)19(25)23-14-16-7-5-4-6-8-16/h4-12,18H,13-14H2,1-3H3,(H,23,25)(H,24,28)(H,26,27)/t18-/m1/s1. The first kappa shape index (κ1) is 21.9. The predicted molar refractivity (Wildman–Crippen MR) is 109 cm³/mol. The van der Waals surface area contributed by atoms with Crippen molar-refractivity contribution in [3.63, 3.8) is 0 Å². The molecule has 0 radical (unpaired) electrons. The lowest BCUT2D eigenvalue weighted by molar-refractivity contribution is -0.123. The summed E-state index contributed by atoms with van der Waals surface area (Å²) in [6, 6.07) is 14.7. The number of carbonyl (C=O) groups excluding carboxylic acids is 2. The van der Waals surface area contributed by atoms with E-state index in [2.05, 4.69) is 10.6 Å². The quantitative estimate of drug-likeness (QED) is 0.665. The van der Waals surface area contributed by atoms with E-state index in [-0.39, 0.29) is 17.9 Å². The number of carbonyl (C=O) groups is 3. The molecule has 0 aliphatic carbocycles. The van der Waals surface area contributed by atoms with Gasteiger partial charge in [0.25, 0.3) is 0 Å². The third kappa shape index (κ3) is 7.65. The second-order valence-corrected chi connectivity index (χ2v) is 7.61. The van der Waals surface area contributed by atoms with Crippen molar-refractivity contribution in [3.8, 4) is 0 Å². The fourth-order valence-corrected chi connectivity index (χ4v) is 2.59. The Morgan fingerprint density at radius 2 is 1.59 bits per heavy atom. The first-order valence-electron chi connectivity index (χ1n) is 9.27. The maximum absolute atomic E-state index is 12.7. The van der Waals surface area contributed by atoms with Crippen molar-refractivity contribution in [2.75, 3.05) is 0 Å². The number of benzene rings is 2. The second kappa shape index (κ2) is 9.73. The molecule has 0 saturated heterocycles. The second-order valence-electron chi connectivity index (χ2n) is 7.61. The van der Waals surface area contributed by atoms with Crippen LogP contribution < -0.4 is 10.6 Å². The number of aromatic carboxylic acids is 1. The monoisotopic (exact) mass is 398 g/mol. The summed E-state index contributed by atoms with van der Waals surface area (Å²) in [6.45, 7) is 5.54. The SMILES string of the molecule is CC(C)(C)OC(=O)N[C@H](Cc1ccc(C(=O)O)cc1)C(=O)NCc1ccccc1. The summed E-state index contributed by atoms with van der Waals surface area (Å²) in [6.07, 6.45) is -0.501. The van der Waals surface area contributed by atoms with E-state index >= 15 is 0 Å². The molecule has 154 valence electrons. The molecule has 0 unspecified atom stereocenters. The van der Waals surface area contributed by atoms with Crippen molar-refractivity contribution >= 4 is 18.0 Å². The van der Waals surface area contributed by atoms with Gasteiger partial charge in [-0.05, 0) is 44.0 Å². The Balaban J connectivity index is 2.09. The van der Waals surface area contributed by atoms with Crippen molar-refractivity contribution in [3.05, 3.63) is 71.3 Å². The molecule has 1 atom stereocenters. The van der Waals surface area contributed by atoms with Crippen molar-refractivity contribution in [1.82, 2.24) is 10.6 Å². The fraction of sp³-hybridized carbons (Fsp3) is 0.318. The number of carboxylic acid groups (broad SMARTS) is 1. The van der Waals surface area contributed by atoms with Gasteiger partial charge in [0.2, 0.25) is 5.91 Å². The number of carboxylic acids is 1. The van der Waals surface area contributed by atoms with Crippen molar-refractivity contribution in [2.24, 2.45) is 0 Å². The molecular formula is C22H26N2O5. The van der Waals surface area contributed by atoms with Crippen molar-refractivity contribution < 1.29 is 24.2 Å². The summed E-state index contributed by atoms with van der Waals surface area (Å²) < 4.78 is 5.26. The fourth-order valence-electron chi connectivity index (χ4n) is 2.59. The highest BCUT2D eigenvalue weighted by Crippen LogP contribution is 2.10. The molecule has 0 bridgehead atoms. The van der Waals surface area contributed by atoms with Gasteiger partial charge in [0.1, 0.15) is 11.6 Å². The summed E-state index contributed by atoms with van der Waals surface area (Å²) in [4.78, 5) is 35.9. The molecule has 0 fully saturated rings. The maximum atomic E-state index is 12.7. The molecular weight excluding hydrogens is 372 g/mol. The van der Waals surface area contributed by atoms with Gasteiger partial charge in [0, 0.05) is 13.0 Å². The number of hydrogen-bond acceptors (Lipinski definition) is 4. The van der Waals surface area contributed by atoms with Crippen LogP contribution in [0.15, 0.2) is 54.6 Å². The van der Waals surface area contributed by atoms with Crippen LogP contribution in [0.4, 0.5) is 4.79 Å². The molecule has 0 saturated carbocycles. The highest BCUT2D eigenvalue weighted by Gasteiger charge is 2.24. The van der Waals surface area contributed by atoms with Gasteiger partial charge < -0.3 is 20.5 Å². The van der Waals surface area contributed by atoms with Crippen LogP contribution in [0, 0.1) is 0 Å². The van der Waals surface area contributed by atoms with Gasteiger partial charge in [-0.15, -0.1) is 0 Å². The molecule has 0 spiro atoms. The summed E-state index contributed by atoms with van der Waals surface area (Å²) in [7, 11) is 0. The minimum absolute atomic E-state index is 0.152. The summed E-state index contributed by atoms with van der Waals surface area (Å²) in [5.74, 6) is -1.39. The van der Waals surface area contributed by atoms with Crippen LogP contribution in [-0.2, 0) is 22.5 Å². The number of hydrogen-bond donors (Lipinski definition) is 3. The maximum Gasteiger partial charge on any atom is 0.408 e. The number of nitrogens with one attached hydrogen (secondary N) is 2. The lowest BCUT2D eigenvalue weighted by Crippen LogP contribution is -2.49. The van der Waals surface area contributed by atoms with E-state index in [9.17, 15) is 14.4 Å². The van der Waals surface area contributed by atoms with E-state index in [0.717, 1.165) is 5.56 Å². The van der Waals surface area contributed by atoms with Crippen LogP contribution in [0.25, 0.3) is 0 Å². The zero-order chi connectivity index (χ0) is 21.4. The molecule has 0 aliphatic heterocycles. The number of rotatable bonds is 7. The van der Waals surface area contributed by atoms with Gasteiger partial charge >= 0.3 is 12.1 Å². The van der Waals surface area contributed by atoms with Gasteiger partial charge in [0.05, 0.1) is 5.56 Å². The number of alkyl carbamates (subject to hydrolysis) is 1. The first-order valence-corrected chi connectivity index (χ1v) is 9.27. The summed E-state index contributed by atoms with van der Waals surface area (Å²) >= 11 is 0. The largest absolute Gasteiger partial charge is 0.478 e.